The number of nitrogens with one attached hydrogen (secondary N) is 1. The SMILES string of the molecule is Cc1ccc(C)[nH]1.Cc1ccn(C)n1. The molecule has 2 heterocycles. The van der Waals surface area contributed by atoms with Gasteiger partial charge in [0.05, 0.1) is 5.69 Å². The van der Waals surface area contributed by atoms with Crippen LogP contribution in [-0.4, -0.2) is 14.8 Å². The molecule has 0 bridgehead atoms. The van der Waals surface area contributed by atoms with Crippen LogP contribution in [0.25, 0.3) is 0 Å². The third-order valence-electron chi connectivity index (χ3n) is 1.82. The highest BCUT2D eigenvalue weighted by molar-refractivity contribution is 5.09. The van der Waals surface area contributed by atoms with Crippen molar-refractivity contribution in [1.29, 1.82) is 0 Å². The van der Waals surface area contributed by atoms with Gasteiger partial charge in [-0.3, -0.25) is 4.68 Å². The first kappa shape index (κ1) is 10.6. The van der Waals surface area contributed by atoms with Gasteiger partial charge < -0.3 is 4.98 Å². The molecule has 2 aromatic rings. The highest BCUT2D eigenvalue weighted by Crippen LogP contribution is 1.95. The number of aromatic nitrogens is 3. The number of aromatic amines is 1. The number of aryl methyl sites for hydroxylation is 4. The predicted octanol–water partition coefficient (Wildman–Crippen LogP) is 2.36. The van der Waals surface area contributed by atoms with Crippen LogP contribution in [0.2, 0.25) is 0 Å². The highest BCUT2D eigenvalue weighted by Gasteiger charge is 1.82. The van der Waals surface area contributed by atoms with Crippen LogP contribution >= 0.6 is 0 Å². The van der Waals surface area contributed by atoms with E-state index in [4.69, 9.17) is 0 Å². The smallest absolute Gasteiger partial charge is 0.0593 e. The Bertz CT molecular complexity index is 313. The van der Waals surface area contributed by atoms with Crippen molar-refractivity contribution in [3.63, 3.8) is 0 Å². The fraction of sp³-hybridized carbons (Fsp3) is 0.364. The van der Waals surface area contributed by atoms with Crippen LogP contribution in [-0.2, 0) is 7.05 Å². The largest absolute Gasteiger partial charge is 0.363 e. The lowest BCUT2D eigenvalue weighted by atomic mass is 10.5. The first-order valence-electron chi connectivity index (χ1n) is 4.66. The second-order valence-electron chi connectivity index (χ2n) is 3.46. The molecule has 1 N–H and O–H groups in total. The molecule has 0 atom stereocenters. The van der Waals surface area contributed by atoms with Gasteiger partial charge in [0.1, 0.15) is 0 Å². The van der Waals surface area contributed by atoms with Crippen LogP contribution in [0, 0.1) is 20.8 Å². The van der Waals surface area contributed by atoms with Crippen molar-refractivity contribution < 1.29 is 0 Å². The summed E-state index contributed by atoms with van der Waals surface area (Å²) < 4.78 is 1.79. The molecule has 0 aromatic carbocycles. The molecular weight excluding hydrogens is 174 g/mol. The van der Waals surface area contributed by atoms with Gasteiger partial charge in [-0.1, -0.05) is 0 Å². The quantitative estimate of drug-likeness (QED) is 0.681. The summed E-state index contributed by atoms with van der Waals surface area (Å²) in [6.07, 6.45) is 1.93. The van der Waals surface area contributed by atoms with Crippen LogP contribution in [0.4, 0.5) is 0 Å². The molecule has 0 fully saturated rings. The van der Waals surface area contributed by atoms with Crippen molar-refractivity contribution in [2.45, 2.75) is 20.8 Å². The van der Waals surface area contributed by atoms with Crippen molar-refractivity contribution in [3.05, 3.63) is 41.5 Å². The Balaban J connectivity index is 0.000000140. The number of H-pyrrole nitrogens is 1. The molecule has 3 nitrogen and oxygen atoms in total. The van der Waals surface area contributed by atoms with E-state index in [0.717, 1.165) is 5.69 Å². The lowest BCUT2D eigenvalue weighted by Gasteiger charge is -1.79. The summed E-state index contributed by atoms with van der Waals surface area (Å²) in [7, 11) is 1.91. The van der Waals surface area contributed by atoms with Gasteiger partial charge in [-0.15, -0.1) is 0 Å². The number of hydrogen-bond acceptors (Lipinski definition) is 1. The molecule has 0 radical (unpaired) electrons. The summed E-state index contributed by atoms with van der Waals surface area (Å²) in [4.78, 5) is 3.14. The maximum atomic E-state index is 4.03. The fourth-order valence-corrected chi connectivity index (χ4v) is 1.18. The average Bonchev–Trinajstić information content (AvgIpc) is 2.63. The van der Waals surface area contributed by atoms with E-state index in [9.17, 15) is 0 Å². The summed E-state index contributed by atoms with van der Waals surface area (Å²) in [6, 6.07) is 6.10. The van der Waals surface area contributed by atoms with Crippen LogP contribution in [0.1, 0.15) is 17.1 Å². The molecular formula is C11H17N3. The summed E-state index contributed by atoms with van der Waals surface area (Å²) in [5, 5.41) is 4.03. The Hall–Kier alpha value is -1.51. The Morgan fingerprint density at radius 3 is 1.79 bits per heavy atom. The van der Waals surface area contributed by atoms with Crippen molar-refractivity contribution in [2.75, 3.05) is 0 Å². The van der Waals surface area contributed by atoms with Crippen molar-refractivity contribution in [3.8, 4) is 0 Å². The second-order valence-corrected chi connectivity index (χ2v) is 3.46. The van der Waals surface area contributed by atoms with E-state index < -0.39 is 0 Å². The maximum absolute atomic E-state index is 4.03. The minimum absolute atomic E-state index is 1.07. The van der Waals surface area contributed by atoms with Crippen LogP contribution < -0.4 is 0 Å². The number of nitrogens with zero attached hydrogens (tertiary/aromatic N) is 2. The van der Waals surface area contributed by atoms with Crippen molar-refractivity contribution in [1.82, 2.24) is 14.8 Å². The van der Waals surface area contributed by atoms with Gasteiger partial charge in [0.25, 0.3) is 0 Å². The topological polar surface area (TPSA) is 33.6 Å². The van der Waals surface area contributed by atoms with E-state index >= 15 is 0 Å². The molecule has 0 saturated carbocycles. The summed E-state index contributed by atoms with van der Waals surface area (Å²) in [6.45, 7) is 6.07. The summed E-state index contributed by atoms with van der Waals surface area (Å²) in [5.41, 5.74) is 3.54. The van der Waals surface area contributed by atoms with Crippen molar-refractivity contribution in [2.24, 2.45) is 7.05 Å². The second kappa shape index (κ2) is 4.65. The molecule has 3 heteroatoms. The minimum atomic E-state index is 1.07. The first-order valence-corrected chi connectivity index (χ1v) is 4.66. The number of rotatable bonds is 0. The maximum Gasteiger partial charge on any atom is 0.0593 e. The molecule has 2 aromatic heterocycles. The first-order chi connectivity index (χ1) is 6.58. The van der Waals surface area contributed by atoms with Gasteiger partial charge in [0.15, 0.2) is 0 Å². The molecule has 2 rings (SSSR count). The Morgan fingerprint density at radius 1 is 1.07 bits per heavy atom. The molecule has 0 spiro atoms. The predicted molar refractivity (Wildman–Crippen MR) is 58.2 cm³/mol. The monoisotopic (exact) mass is 191 g/mol. The molecule has 0 aliphatic carbocycles. The Labute approximate surface area is 84.8 Å². The third kappa shape index (κ3) is 3.47. The molecule has 0 unspecified atom stereocenters. The van der Waals surface area contributed by atoms with E-state index in [1.165, 1.54) is 11.4 Å². The normalized spacial score (nSPS) is 9.43. The van der Waals surface area contributed by atoms with Crippen LogP contribution in [0.3, 0.4) is 0 Å². The number of hydrogen-bond donors (Lipinski definition) is 1. The van der Waals surface area contributed by atoms with Gasteiger partial charge in [0.2, 0.25) is 0 Å². The molecule has 0 aliphatic heterocycles. The van der Waals surface area contributed by atoms with E-state index in [2.05, 4.69) is 22.2 Å². The standard InChI is InChI=1S/C6H9N.C5H8N2/c1-5-3-4-6(2)7-5;1-5-3-4-7(2)6-5/h3-4,7H,1-2H3;3-4H,1-2H3. The van der Waals surface area contributed by atoms with Gasteiger partial charge in [-0.2, -0.15) is 5.10 Å². The molecule has 14 heavy (non-hydrogen) atoms. The molecule has 0 aliphatic rings. The highest BCUT2D eigenvalue weighted by atomic mass is 15.2. The van der Waals surface area contributed by atoms with Gasteiger partial charge in [-0.05, 0) is 39.0 Å². The molecule has 0 saturated heterocycles. The summed E-state index contributed by atoms with van der Waals surface area (Å²) in [5.74, 6) is 0. The van der Waals surface area contributed by atoms with Gasteiger partial charge in [-0.25, -0.2) is 0 Å². The van der Waals surface area contributed by atoms with E-state index in [1.807, 2.05) is 40.1 Å². The minimum Gasteiger partial charge on any atom is -0.363 e. The summed E-state index contributed by atoms with van der Waals surface area (Å²) >= 11 is 0. The van der Waals surface area contributed by atoms with Crippen molar-refractivity contribution >= 4 is 0 Å². The van der Waals surface area contributed by atoms with E-state index in [1.54, 1.807) is 4.68 Å². The molecule has 76 valence electrons. The van der Waals surface area contributed by atoms with Gasteiger partial charge in [0, 0.05) is 24.6 Å². The Kier molecular flexibility index (Phi) is 3.51. The fourth-order valence-electron chi connectivity index (χ4n) is 1.18. The molecule has 0 amide bonds. The van der Waals surface area contributed by atoms with E-state index in [-0.39, 0.29) is 0 Å². The average molecular weight is 191 g/mol. The lowest BCUT2D eigenvalue weighted by molar-refractivity contribution is 0.756. The zero-order chi connectivity index (χ0) is 10.6. The third-order valence-corrected chi connectivity index (χ3v) is 1.82. The van der Waals surface area contributed by atoms with E-state index in [0.29, 0.717) is 0 Å². The Morgan fingerprint density at radius 2 is 1.64 bits per heavy atom. The zero-order valence-corrected chi connectivity index (χ0v) is 9.20. The van der Waals surface area contributed by atoms with Crippen LogP contribution in [0.5, 0.6) is 0 Å². The lowest BCUT2D eigenvalue weighted by Crippen LogP contribution is -1.86. The van der Waals surface area contributed by atoms with Crippen LogP contribution in [0.15, 0.2) is 24.4 Å². The van der Waals surface area contributed by atoms with Gasteiger partial charge >= 0.3 is 0 Å². The zero-order valence-electron chi connectivity index (χ0n) is 9.20.